The van der Waals surface area contributed by atoms with E-state index in [2.05, 4.69) is 52.1 Å². The van der Waals surface area contributed by atoms with Gasteiger partial charge in [0.1, 0.15) is 12.4 Å². The predicted octanol–water partition coefficient (Wildman–Crippen LogP) is 4.29. The number of fused-ring (bicyclic) bond motifs is 1. The molecule has 1 aliphatic carbocycles. The van der Waals surface area contributed by atoms with Gasteiger partial charge in [0, 0.05) is 17.1 Å². The van der Waals surface area contributed by atoms with Crippen LogP contribution in [0, 0.1) is 0 Å². The van der Waals surface area contributed by atoms with Crippen molar-refractivity contribution >= 4 is 26.7 Å². The van der Waals surface area contributed by atoms with Crippen LogP contribution in [0.2, 0.25) is 0 Å². The van der Waals surface area contributed by atoms with Gasteiger partial charge in [-0.05, 0) is 53.5 Å². The normalized spacial score (nSPS) is 14.4. The number of rotatable bonds is 6. The van der Waals surface area contributed by atoms with Crippen molar-refractivity contribution in [3.8, 4) is 5.75 Å². The van der Waals surface area contributed by atoms with Gasteiger partial charge in [-0.25, -0.2) is 0 Å². The second-order valence-corrected chi connectivity index (χ2v) is 6.26. The Bertz CT molecular complexity index is 634. The standard InChI is InChI=1S/C17H18BrNO/c1-12(10-19-16-5-6-16)11-20-17-7-3-13-8-15(18)4-2-14(13)9-17/h2-4,7-9,16,19H,1,5-6,10-11H2. The summed E-state index contributed by atoms with van der Waals surface area (Å²) in [6.07, 6.45) is 2.60. The lowest BCUT2D eigenvalue weighted by molar-refractivity contribution is 0.348. The van der Waals surface area contributed by atoms with E-state index in [0.717, 1.165) is 22.3 Å². The fourth-order valence-electron chi connectivity index (χ4n) is 2.10. The van der Waals surface area contributed by atoms with Crippen LogP contribution in [0.15, 0.2) is 53.0 Å². The summed E-state index contributed by atoms with van der Waals surface area (Å²) < 4.78 is 6.90. The maximum atomic E-state index is 5.81. The van der Waals surface area contributed by atoms with Crippen molar-refractivity contribution in [3.63, 3.8) is 0 Å². The Labute approximate surface area is 128 Å². The lowest BCUT2D eigenvalue weighted by atomic mass is 10.1. The minimum Gasteiger partial charge on any atom is -0.489 e. The molecule has 104 valence electrons. The number of hydrogen-bond donors (Lipinski definition) is 1. The zero-order valence-electron chi connectivity index (χ0n) is 11.4. The Hall–Kier alpha value is -1.32. The van der Waals surface area contributed by atoms with Crippen LogP contribution in [-0.4, -0.2) is 19.2 Å². The van der Waals surface area contributed by atoms with Gasteiger partial charge in [0.15, 0.2) is 0 Å². The van der Waals surface area contributed by atoms with E-state index in [1.807, 2.05) is 12.1 Å². The highest BCUT2D eigenvalue weighted by Crippen LogP contribution is 2.24. The smallest absolute Gasteiger partial charge is 0.120 e. The Kier molecular flexibility index (Phi) is 4.08. The number of benzene rings is 2. The van der Waals surface area contributed by atoms with E-state index in [1.165, 1.54) is 23.6 Å². The lowest BCUT2D eigenvalue weighted by Gasteiger charge is -2.10. The molecule has 3 rings (SSSR count). The molecule has 0 atom stereocenters. The van der Waals surface area contributed by atoms with Crippen LogP contribution in [-0.2, 0) is 0 Å². The molecule has 0 unspecified atom stereocenters. The third-order valence-corrected chi connectivity index (χ3v) is 3.93. The molecule has 1 aliphatic rings. The summed E-state index contributed by atoms with van der Waals surface area (Å²) in [5, 5.41) is 5.84. The van der Waals surface area contributed by atoms with Gasteiger partial charge in [-0.1, -0.05) is 34.6 Å². The van der Waals surface area contributed by atoms with E-state index < -0.39 is 0 Å². The van der Waals surface area contributed by atoms with Crippen molar-refractivity contribution in [3.05, 3.63) is 53.0 Å². The van der Waals surface area contributed by atoms with Gasteiger partial charge in [-0.2, -0.15) is 0 Å². The van der Waals surface area contributed by atoms with Gasteiger partial charge in [0.05, 0.1) is 0 Å². The van der Waals surface area contributed by atoms with E-state index in [4.69, 9.17) is 4.74 Å². The monoisotopic (exact) mass is 331 g/mol. The van der Waals surface area contributed by atoms with Crippen molar-refractivity contribution in [1.29, 1.82) is 0 Å². The Morgan fingerprint density at radius 3 is 2.75 bits per heavy atom. The number of hydrogen-bond acceptors (Lipinski definition) is 2. The Balaban J connectivity index is 1.59. The molecule has 3 heteroatoms. The minimum absolute atomic E-state index is 0.571. The van der Waals surface area contributed by atoms with Crippen molar-refractivity contribution in [2.45, 2.75) is 18.9 Å². The second-order valence-electron chi connectivity index (χ2n) is 5.35. The molecule has 2 nitrogen and oxygen atoms in total. The molecular weight excluding hydrogens is 314 g/mol. The third-order valence-electron chi connectivity index (χ3n) is 3.43. The summed E-state index contributed by atoms with van der Waals surface area (Å²) in [4.78, 5) is 0. The number of halogens is 1. The zero-order valence-corrected chi connectivity index (χ0v) is 12.9. The summed E-state index contributed by atoms with van der Waals surface area (Å²) in [6, 6.07) is 13.1. The lowest BCUT2D eigenvalue weighted by Crippen LogP contribution is -2.21. The first-order valence-electron chi connectivity index (χ1n) is 6.93. The van der Waals surface area contributed by atoms with E-state index >= 15 is 0 Å². The third kappa shape index (κ3) is 3.62. The van der Waals surface area contributed by atoms with Crippen LogP contribution < -0.4 is 10.1 Å². The molecule has 0 bridgehead atoms. The zero-order chi connectivity index (χ0) is 13.9. The summed E-state index contributed by atoms with van der Waals surface area (Å²) >= 11 is 3.48. The predicted molar refractivity (Wildman–Crippen MR) is 87.3 cm³/mol. The highest BCUT2D eigenvalue weighted by molar-refractivity contribution is 9.10. The second kappa shape index (κ2) is 5.98. The highest BCUT2D eigenvalue weighted by atomic mass is 79.9. The molecule has 2 aromatic rings. The molecule has 0 amide bonds. The molecule has 1 fully saturated rings. The maximum absolute atomic E-state index is 5.81. The molecule has 1 N–H and O–H groups in total. The van der Waals surface area contributed by atoms with Crippen LogP contribution in [0.5, 0.6) is 5.75 Å². The van der Waals surface area contributed by atoms with Gasteiger partial charge in [-0.3, -0.25) is 0 Å². The minimum atomic E-state index is 0.571. The number of nitrogens with one attached hydrogen (secondary N) is 1. The highest BCUT2D eigenvalue weighted by Gasteiger charge is 2.20. The van der Waals surface area contributed by atoms with Gasteiger partial charge < -0.3 is 10.1 Å². The average molecular weight is 332 g/mol. The van der Waals surface area contributed by atoms with E-state index in [-0.39, 0.29) is 0 Å². The van der Waals surface area contributed by atoms with Crippen LogP contribution in [0.4, 0.5) is 0 Å². The van der Waals surface area contributed by atoms with Gasteiger partial charge in [0.25, 0.3) is 0 Å². The molecule has 0 saturated heterocycles. The summed E-state index contributed by atoms with van der Waals surface area (Å²) in [7, 11) is 0. The summed E-state index contributed by atoms with van der Waals surface area (Å²) in [5.41, 5.74) is 1.09. The van der Waals surface area contributed by atoms with Gasteiger partial charge >= 0.3 is 0 Å². The largest absolute Gasteiger partial charge is 0.489 e. The van der Waals surface area contributed by atoms with E-state index in [0.29, 0.717) is 12.6 Å². The maximum Gasteiger partial charge on any atom is 0.120 e. The quantitative estimate of drug-likeness (QED) is 0.797. The molecule has 0 aromatic heterocycles. The topological polar surface area (TPSA) is 21.3 Å². The molecular formula is C17H18BrNO. The van der Waals surface area contributed by atoms with Gasteiger partial charge in [0.2, 0.25) is 0 Å². The first-order valence-corrected chi connectivity index (χ1v) is 7.72. The first-order chi connectivity index (χ1) is 9.70. The average Bonchev–Trinajstić information content (AvgIpc) is 3.27. The molecule has 0 spiro atoms. The first kappa shape index (κ1) is 13.7. The van der Waals surface area contributed by atoms with Crippen LogP contribution in [0.25, 0.3) is 10.8 Å². The molecule has 0 heterocycles. The van der Waals surface area contributed by atoms with Gasteiger partial charge in [-0.15, -0.1) is 0 Å². The molecule has 2 aromatic carbocycles. The summed E-state index contributed by atoms with van der Waals surface area (Å²) in [5.74, 6) is 0.896. The molecule has 20 heavy (non-hydrogen) atoms. The van der Waals surface area contributed by atoms with Crippen LogP contribution in [0.1, 0.15) is 12.8 Å². The van der Waals surface area contributed by atoms with E-state index in [1.54, 1.807) is 0 Å². The molecule has 1 saturated carbocycles. The van der Waals surface area contributed by atoms with Crippen molar-refractivity contribution in [1.82, 2.24) is 5.32 Å². The van der Waals surface area contributed by atoms with E-state index in [9.17, 15) is 0 Å². The Morgan fingerprint density at radius 1 is 1.20 bits per heavy atom. The SMILES string of the molecule is C=C(CNC1CC1)COc1ccc2cc(Br)ccc2c1. The summed E-state index contributed by atoms with van der Waals surface area (Å²) in [6.45, 7) is 5.47. The molecule has 0 aliphatic heterocycles. The molecule has 0 radical (unpaired) electrons. The van der Waals surface area contributed by atoms with Crippen molar-refractivity contribution in [2.75, 3.05) is 13.2 Å². The van der Waals surface area contributed by atoms with Crippen molar-refractivity contribution in [2.24, 2.45) is 0 Å². The fourth-order valence-corrected chi connectivity index (χ4v) is 2.48. The van der Waals surface area contributed by atoms with Crippen molar-refractivity contribution < 1.29 is 4.74 Å². The fraction of sp³-hybridized carbons (Fsp3) is 0.294. The van der Waals surface area contributed by atoms with Crippen LogP contribution in [0.3, 0.4) is 0 Å². The number of ether oxygens (including phenoxy) is 1. The van der Waals surface area contributed by atoms with Crippen LogP contribution >= 0.6 is 15.9 Å². The Morgan fingerprint density at radius 2 is 1.95 bits per heavy atom.